The second-order valence-corrected chi connectivity index (χ2v) is 10.1. The number of thiol groups is 3. The molecule has 0 aliphatic heterocycles. The molecule has 0 radical (unpaired) electrons. The normalized spacial score (nSPS) is 12.2. The highest BCUT2D eigenvalue weighted by Crippen LogP contribution is 2.32. The van der Waals surface area contributed by atoms with Crippen molar-refractivity contribution in [3.05, 3.63) is 0 Å². The first-order chi connectivity index (χ1) is 8.13. The van der Waals surface area contributed by atoms with Crippen molar-refractivity contribution in [1.29, 1.82) is 0 Å². The van der Waals surface area contributed by atoms with Crippen LogP contribution in [0.1, 0.15) is 65.2 Å². The second kappa shape index (κ2) is 13.4. The van der Waals surface area contributed by atoms with Crippen LogP contribution >= 0.6 is 32.3 Å². The van der Waals surface area contributed by atoms with Crippen LogP contribution < -0.4 is 5.32 Å². The lowest BCUT2D eigenvalue weighted by Gasteiger charge is -2.08. The Balaban J connectivity index is 2.94. The van der Waals surface area contributed by atoms with Crippen molar-refractivity contribution in [2.75, 3.05) is 12.4 Å². The van der Waals surface area contributed by atoms with Gasteiger partial charge in [-0.15, -0.1) is 32.3 Å². The molecule has 4 heteroatoms. The van der Waals surface area contributed by atoms with E-state index in [0.29, 0.717) is 0 Å². The van der Waals surface area contributed by atoms with Crippen molar-refractivity contribution in [3.63, 3.8) is 0 Å². The van der Waals surface area contributed by atoms with Gasteiger partial charge in [0.1, 0.15) is 0 Å². The summed E-state index contributed by atoms with van der Waals surface area (Å²) in [5.74, 6) is 1.85. The molecule has 0 aromatic carbocycles. The van der Waals surface area contributed by atoms with E-state index in [1.165, 1.54) is 51.4 Å². The van der Waals surface area contributed by atoms with Crippen molar-refractivity contribution < 1.29 is 0 Å². The molecule has 0 amide bonds. The Kier molecular flexibility index (Phi) is 14.2. The van der Waals surface area contributed by atoms with Crippen LogP contribution in [0.3, 0.4) is 0 Å². The first-order valence-corrected chi connectivity index (χ1v) is 10.8. The van der Waals surface area contributed by atoms with Crippen LogP contribution in [0.4, 0.5) is 0 Å². The van der Waals surface area contributed by atoms with Gasteiger partial charge >= 0.3 is 0 Å². The molecule has 1 nitrogen and oxygen atoms in total. The summed E-state index contributed by atoms with van der Waals surface area (Å²) in [5, 5.41) is 3.38. The Hall–Kier alpha value is 1.01. The van der Waals surface area contributed by atoms with Gasteiger partial charge in [-0.2, -0.15) is 0 Å². The van der Waals surface area contributed by atoms with Gasteiger partial charge in [0.15, 0.2) is 0 Å². The number of nitrogens with one attached hydrogen (secondary N) is 1. The second-order valence-electron chi connectivity index (χ2n) is 5.19. The van der Waals surface area contributed by atoms with Gasteiger partial charge in [0.25, 0.3) is 0 Å². The summed E-state index contributed by atoms with van der Waals surface area (Å²) in [7, 11) is -0.363. The highest BCUT2D eigenvalue weighted by atomic mass is 33.5. The number of rotatable bonds is 12. The molecule has 0 saturated heterocycles. The summed E-state index contributed by atoms with van der Waals surface area (Å²) < 4.78 is 0. The van der Waals surface area contributed by atoms with Gasteiger partial charge in [-0.3, -0.25) is 0 Å². The fourth-order valence-electron chi connectivity index (χ4n) is 1.87. The van der Waals surface area contributed by atoms with Gasteiger partial charge in [-0.25, -0.2) is 0 Å². The summed E-state index contributed by atoms with van der Waals surface area (Å²) in [5.41, 5.74) is 0. The Morgan fingerprint density at radius 1 is 0.882 bits per heavy atom. The lowest BCUT2D eigenvalue weighted by Crippen LogP contribution is -2.14. The predicted octanol–water partition coefficient (Wildman–Crippen LogP) is 5.00. The van der Waals surface area contributed by atoms with Gasteiger partial charge in [-0.05, 0) is 18.9 Å². The maximum absolute atomic E-state index is 4.27. The minimum atomic E-state index is -0.363. The molecule has 0 fully saturated rings. The minimum absolute atomic E-state index is 0.363. The molecule has 1 N–H and O–H groups in total. The standard InChI is InChI=1S/C13H31NS3/c1-13(2)10-8-6-4-3-5-7-9-11-14-12-17(15)16/h13-17H,3-12H2,1-2H3. The molecule has 0 aliphatic carbocycles. The largest absolute Gasteiger partial charge is 0.308 e. The van der Waals surface area contributed by atoms with Crippen LogP contribution in [0.25, 0.3) is 0 Å². The monoisotopic (exact) mass is 297 g/mol. The SMILES string of the molecule is CC(C)CCCCCCCCCNC[SH](S)S. The van der Waals surface area contributed by atoms with Crippen LogP contribution in [0.15, 0.2) is 0 Å². The summed E-state index contributed by atoms with van der Waals surface area (Å²) in [6, 6.07) is 0. The lowest BCUT2D eigenvalue weighted by atomic mass is 10.0. The van der Waals surface area contributed by atoms with Gasteiger partial charge in [0, 0.05) is 5.88 Å². The van der Waals surface area contributed by atoms with E-state index in [9.17, 15) is 0 Å². The zero-order valence-corrected chi connectivity index (χ0v) is 14.2. The summed E-state index contributed by atoms with van der Waals surface area (Å²) >= 11 is 8.54. The molecule has 0 spiro atoms. The molecule has 0 rings (SSSR count). The van der Waals surface area contributed by atoms with Crippen molar-refractivity contribution in [1.82, 2.24) is 5.32 Å². The smallest absolute Gasteiger partial charge is 0.0400 e. The van der Waals surface area contributed by atoms with E-state index < -0.39 is 0 Å². The van der Waals surface area contributed by atoms with E-state index in [1.807, 2.05) is 0 Å². The van der Waals surface area contributed by atoms with Gasteiger partial charge in [-0.1, -0.05) is 58.8 Å². The summed E-state index contributed by atoms with van der Waals surface area (Å²) in [6.07, 6.45) is 11.2. The molecule has 0 heterocycles. The maximum atomic E-state index is 4.27. The van der Waals surface area contributed by atoms with Gasteiger partial charge in [0.2, 0.25) is 0 Å². The third kappa shape index (κ3) is 17.0. The van der Waals surface area contributed by atoms with E-state index in [2.05, 4.69) is 42.5 Å². The zero-order chi connectivity index (χ0) is 12.9. The third-order valence-electron chi connectivity index (χ3n) is 2.89. The van der Waals surface area contributed by atoms with Crippen LogP contribution in [0.2, 0.25) is 0 Å². The van der Waals surface area contributed by atoms with Crippen molar-refractivity contribution in [2.24, 2.45) is 5.92 Å². The van der Waals surface area contributed by atoms with Crippen LogP contribution in [0, 0.1) is 5.92 Å². The molecular weight excluding hydrogens is 266 g/mol. The predicted molar refractivity (Wildman–Crippen MR) is 91.6 cm³/mol. The first-order valence-electron chi connectivity index (χ1n) is 6.99. The Labute approximate surface area is 121 Å². The number of hydrogen-bond acceptors (Lipinski definition) is 3. The van der Waals surface area contributed by atoms with E-state index in [4.69, 9.17) is 0 Å². The van der Waals surface area contributed by atoms with Crippen LogP contribution in [0.5, 0.6) is 0 Å². The first kappa shape index (κ1) is 18.0. The minimum Gasteiger partial charge on any atom is -0.308 e. The molecule has 0 aliphatic rings. The zero-order valence-electron chi connectivity index (χ0n) is 11.5. The van der Waals surface area contributed by atoms with E-state index >= 15 is 0 Å². The maximum Gasteiger partial charge on any atom is 0.0400 e. The molecule has 106 valence electrons. The molecule has 0 unspecified atom stereocenters. The molecule has 17 heavy (non-hydrogen) atoms. The van der Waals surface area contributed by atoms with Crippen LogP contribution in [-0.2, 0) is 0 Å². The Morgan fingerprint density at radius 3 is 1.94 bits per heavy atom. The molecule has 0 atom stereocenters. The number of hydrogen-bond donors (Lipinski definition) is 4. The van der Waals surface area contributed by atoms with E-state index in [-0.39, 0.29) is 8.96 Å². The quantitative estimate of drug-likeness (QED) is 0.226. The summed E-state index contributed by atoms with van der Waals surface area (Å²) in [6.45, 7) is 5.76. The Morgan fingerprint density at radius 2 is 1.41 bits per heavy atom. The van der Waals surface area contributed by atoms with Gasteiger partial charge in [0.05, 0.1) is 0 Å². The molecule has 0 bridgehead atoms. The average Bonchev–Trinajstić information content (AvgIpc) is 2.25. The van der Waals surface area contributed by atoms with Crippen molar-refractivity contribution in [2.45, 2.75) is 65.2 Å². The third-order valence-corrected chi connectivity index (χ3v) is 4.24. The molecular formula is C13H31NS3. The summed E-state index contributed by atoms with van der Waals surface area (Å²) in [4.78, 5) is 0. The fraction of sp³-hybridized carbons (Fsp3) is 1.00. The highest BCUT2D eigenvalue weighted by Gasteiger charge is 1.95. The molecule has 0 aromatic heterocycles. The highest BCUT2D eigenvalue weighted by molar-refractivity contribution is 9.09. The fourth-order valence-corrected chi connectivity index (χ4v) is 2.82. The van der Waals surface area contributed by atoms with Crippen molar-refractivity contribution in [3.8, 4) is 0 Å². The number of unbranched alkanes of at least 4 members (excludes halogenated alkanes) is 6. The molecule has 0 saturated carbocycles. The Bertz CT molecular complexity index is 136. The average molecular weight is 298 g/mol. The topological polar surface area (TPSA) is 12.0 Å². The molecule has 0 aromatic rings. The lowest BCUT2D eigenvalue weighted by molar-refractivity contribution is 0.508. The van der Waals surface area contributed by atoms with E-state index in [0.717, 1.165) is 18.3 Å². The van der Waals surface area contributed by atoms with Crippen molar-refractivity contribution >= 4 is 32.3 Å². The van der Waals surface area contributed by atoms with Gasteiger partial charge < -0.3 is 5.32 Å². The van der Waals surface area contributed by atoms with E-state index in [1.54, 1.807) is 0 Å². The van der Waals surface area contributed by atoms with Crippen LogP contribution in [-0.4, -0.2) is 12.4 Å².